The molecule has 0 aromatic heterocycles. The van der Waals surface area contributed by atoms with Gasteiger partial charge in [0.15, 0.2) is 17.3 Å². The molecule has 4 nitrogen and oxygen atoms in total. The van der Waals surface area contributed by atoms with Crippen molar-refractivity contribution in [2.24, 2.45) is 5.92 Å². The molecule has 3 aliphatic rings. The molecule has 4 rings (SSSR count). The zero-order valence-electron chi connectivity index (χ0n) is 13.0. The van der Waals surface area contributed by atoms with Gasteiger partial charge < -0.3 is 14.7 Å². The lowest BCUT2D eigenvalue weighted by Gasteiger charge is -2.56. The third-order valence-electron chi connectivity index (χ3n) is 5.88. The summed E-state index contributed by atoms with van der Waals surface area (Å²) in [6, 6.07) is 4.29. The number of allylic oxidation sites excluding steroid dienone is 1. The van der Waals surface area contributed by atoms with Gasteiger partial charge in [-0.25, -0.2) is 0 Å². The van der Waals surface area contributed by atoms with Gasteiger partial charge in [0.25, 0.3) is 0 Å². The molecule has 1 aliphatic heterocycles. The van der Waals surface area contributed by atoms with Crippen molar-refractivity contribution in [3.63, 3.8) is 0 Å². The Labute approximate surface area is 130 Å². The molecule has 0 amide bonds. The molecule has 1 fully saturated rings. The monoisotopic (exact) mass is 299 g/mol. The van der Waals surface area contributed by atoms with Gasteiger partial charge in [0.05, 0.1) is 7.11 Å². The first-order valence-electron chi connectivity index (χ1n) is 7.87. The average molecular weight is 299 g/mol. The Morgan fingerprint density at radius 1 is 1.41 bits per heavy atom. The third kappa shape index (κ3) is 1.64. The number of likely N-dealkylation sites (tertiary alicyclic amines) is 1. The van der Waals surface area contributed by atoms with E-state index in [1.165, 1.54) is 0 Å². The quantitative estimate of drug-likeness (QED) is 0.862. The molecule has 1 heterocycles. The number of likely N-dealkylation sites (N-methyl/N-ethyl adjacent to an activating group) is 1. The fourth-order valence-corrected chi connectivity index (χ4v) is 4.84. The summed E-state index contributed by atoms with van der Waals surface area (Å²) in [7, 11) is 3.73. The number of hydrogen-bond acceptors (Lipinski definition) is 4. The van der Waals surface area contributed by atoms with Crippen LogP contribution in [0.15, 0.2) is 24.3 Å². The highest BCUT2D eigenvalue weighted by Crippen LogP contribution is 2.56. The van der Waals surface area contributed by atoms with Gasteiger partial charge in [-0.05, 0) is 44.1 Å². The smallest absolute Gasteiger partial charge is 0.161 e. The summed E-state index contributed by atoms with van der Waals surface area (Å²) in [6.07, 6.45) is 6.11. The summed E-state index contributed by atoms with van der Waals surface area (Å²) in [4.78, 5) is 14.6. The first-order chi connectivity index (χ1) is 10.6. The van der Waals surface area contributed by atoms with E-state index in [9.17, 15) is 9.90 Å². The minimum absolute atomic E-state index is 0.162. The Hall–Kier alpha value is -1.81. The highest BCUT2D eigenvalue weighted by atomic mass is 16.5. The second kappa shape index (κ2) is 4.59. The molecule has 116 valence electrons. The summed E-state index contributed by atoms with van der Waals surface area (Å²) in [6.45, 7) is 0.957. The molecular weight excluding hydrogens is 278 g/mol. The van der Waals surface area contributed by atoms with Crippen LogP contribution < -0.4 is 4.74 Å². The molecule has 4 heteroatoms. The van der Waals surface area contributed by atoms with Crippen LogP contribution in [0, 0.1) is 5.92 Å². The van der Waals surface area contributed by atoms with Crippen LogP contribution in [0.3, 0.4) is 0 Å². The molecule has 3 atom stereocenters. The van der Waals surface area contributed by atoms with Crippen LogP contribution in [0.1, 0.15) is 24.0 Å². The summed E-state index contributed by atoms with van der Waals surface area (Å²) in [5.74, 6) is 1.19. The van der Waals surface area contributed by atoms with Crippen LogP contribution in [0.4, 0.5) is 0 Å². The van der Waals surface area contributed by atoms with Crippen molar-refractivity contribution in [2.45, 2.75) is 30.7 Å². The zero-order valence-corrected chi connectivity index (χ0v) is 13.0. The van der Waals surface area contributed by atoms with Crippen molar-refractivity contribution in [1.82, 2.24) is 4.90 Å². The summed E-state index contributed by atoms with van der Waals surface area (Å²) in [5, 5.41) is 10.8. The van der Waals surface area contributed by atoms with Crippen LogP contribution in [0.25, 0.3) is 0 Å². The van der Waals surface area contributed by atoms with Crippen LogP contribution in [0.5, 0.6) is 11.5 Å². The molecule has 0 spiro atoms. The fraction of sp³-hybridized carbons (Fsp3) is 0.500. The van der Waals surface area contributed by atoms with Crippen LogP contribution in [-0.2, 0) is 16.6 Å². The van der Waals surface area contributed by atoms with E-state index >= 15 is 0 Å². The van der Waals surface area contributed by atoms with Crippen LogP contribution in [0.2, 0.25) is 0 Å². The van der Waals surface area contributed by atoms with Crippen molar-refractivity contribution in [3.8, 4) is 11.5 Å². The van der Waals surface area contributed by atoms with E-state index in [1.807, 2.05) is 6.07 Å². The highest BCUT2D eigenvalue weighted by Gasteiger charge is 2.54. The van der Waals surface area contributed by atoms with Crippen molar-refractivity contribution in [2.75, 3.05) is 20.7 Å². The minimum atomic E-state index is -0.269. The summed E-state index contributed by atoms with van der Waals surface area (Å²) >= 11 is 0. The Kier molecular flexibility index (Phi) is 2.89. The lowest BCUT2D eigenvalue weighted by molar-refractivity contribution is -0.118. The number of carbonyl (C=O) groups is 1. The minimum Gasteiger partial charge on any atom is -0.504 e. The number of fused-ring (bicyclic) bond motifs is 1. The first kappa shape index (κ1) is 13.8. The standard InChI is InChI=1S/C18H21NO3/c1-19-8-7-18-10-12(20)4-5-13(18)14(19)9-11-3-6-15(22-2)17(21)16(11)18/h3-6,13-14,21H,7-10H2,1-2H3/t13?,14-,18+/m1/s1. The molecule has 1 aromatic rings. The number of ether oxygens (including phenoxy) is 1. The number of piperidine rings is 1. The second-order valence-electron chi connectivity index (χ2n) is 6.84. The lowest BCUT2D eigenvalue weighted by atomic mass is 9.53. The van der Waals surface area contributed by atoms with Gasteiger partial charge in [-0.15, -0.1) is 0 Å². The third-order valence-corrected chi connectivity index (χ3v) is 5.88. The molecule has 1 unspecified atom stereocenters. The maximum atomic E-state index is 12.2. The Balaban J connectivity index is 1.98. The van der Waals surface area contributed by atoms with Gasteiger partial charge in [-0.1, -0.05) is 12.1 Å². The molecule has 0 radical (unpaired) electrons. The number of benzene rings is 1. The van der Waals surface area contributed by atoms with E-state index < -0.39 is 0 Å². The lowest BCUT2D eigenvalue weighted by Crippen LogP contribution is -2.59. The topological polar surface area (TPSA) is 49.8 Å². The number of carbonyl (C=O) groups excluding carboxylic acids is 1. The van der Waals surface area contributed by atoms with E-state index in [4.69, 9.17) is 4.74 Å². The van der Waals surface area contributed by atoms with Gasteiger partial charge in [-0.2, -0.15) is 0 Å². The van der Waals surface area contributed by atoms with Crippen molar-refractivity contribution < 1.29 is 14.6 Å². The van der Waals surface area contributed by atoms with E-state index in [1.54, 1.807) is 13.2 Å². The number of phenolic OH excluding ortho intramolecular Hbond substituents is 1. The first-order valence-corrected chi connectivity index (χ1v) is 7.87. The molecule has 0 saturated carbocycles. The van der Waals surface area contributed by atoms with E-state index in [0.717, 1.165) is 30.5 Å². The maximum Gasteiger partial charge on any atom is 0.161 e. The van der Waals surface area contributed by atoms with E-state index in [-0.39, 0.29) is 22.9 Å². The summed E-state index contributed by atoms with van der Waals surface area (Å²) in [5.41, 5.74) is 1.85. The van der Waals surface area contributed by atoms with Gasteiger partial charge >= 0.3 is 0 Å². The van der Waals surface area contributed by atoms with Gasteiger partial charge in [0, 0.05) is 29.4 Å². The van der Waals surface area contributed by atoms with Crippen molar-refractivity contribution >= 4 is 5.78 Å². The summed E-state index contributed by atoms with van der Waals surface area (Å²) < 4.78 is 5.31. The molecule has 1 saturated heterocycles. The number of hydrogen-bond donors (Lipinski definition) is 1. The van der Waals surface area contributed by atoms with E-state index in [2.05, 4.69) is 24.1 Å². The number of methoxy groups -OCH3 is 1. The Bertz CT molecular complexity index is 681. The van der Waals surface area contributed by atoms with E-state index in [0.29, 0.717) is 18.2 Å². The molecule has 22 heavy (non-hydrogen) atoms. The number of rotatable bonds is 1. The molecular formula is C18H21NO3. The average Bonchev–Trinajstić information content (AvgIpc) is 2.50. The van der Waals surface area contributed by atoms with Crippen LogP contribution >= 0.6 is 0 Å². The van der Waals surface area contributed by atoms with Crippen molar-refractivity contribution in [1.29, 1.82) is 0 Å². The molecule has 2 bridgehead atoms. The van der Waals surface area contributed by atoms with Gasteiger partial charge in [-0.3, -0.25) is 4.79 Å². The second-order valence-corrected chi connectivity index (χ2v) is 6.84. The predicted molar refractivity (Wildman–Crippen MR) is 83.3 cm³/mol. The fourth-order valence-electron chi connectivity index (χ4n) is 4.84. The van der Waals surface area contributed by atoms with Crippen LogP contribution in [-0.4, -0.2) is 42.5 Å². The predicted octanol–water partition coefficient (Wildman–Crippen LogP) is 2.04. The number of ketones is 1. The van der Waals surface area contributed by atoms with Crippen molar-refractivity contribution in [3.05, 3.63) is 35.4 Å². The van der Waals surface area contributed by atoms with Gasteiger partial charge in [0.1, 0.15) is 0 Å². The molecule has 1 aromatic carbocycles. The molecule has 2 aliphatic carbocycles. The zero-order chi connectivity index (χ0) is 15.5. The Morgan fingerprint density at radius 3 is 3.00 bits per heavy atom. The number of aromatic hydroxyl groups is 1. The number of nitrogens with zero attached hydrogens (tertiary/aromatic N) is 1. The normalized spacial score (nSPS) is 33.3. The largest absolute Gasteiger partial charge is 0.504 e. The van der Waals surface area contributed by atoms with Gasteiger partial charge in [0.2, 0.25) is 0 Å². The number of phenols is 1. The molecule has 1 N–H and O–H groups in total. The SMILES string of the molecule is COc1ccc2c(c1O)[C@]13CCN(C)[C@H](C2)C1C=CC(=O)C3. The highest BCUT2D eigenvalue weighted by molar-refractivity contribution is 5.92. The maximum absolute atomic E-state index is 12.2. The Morgan fingerprint density at radius 2 is 2.23 bits per heavy atom.